The number of nitrogens with one attached hydrogen (secondary N) is 1. The van der Waals surface area contributed by atoms with Crippen molar-refractivity contribution in [2.45, 2.75) is 39.5 Å². The molecule has 0 bridgehead atoms. The van der Waals surface area contributed by atoms with Crippen molar-refractivity contribution in [3.8, 4) is 0 Å². The van der Waals surface area contributed by atoms with E-state index in [9.17, 15) is 4.79 Å². The summed E-state index contributed by atoms with van der Waals surface area (Å²) in [6, 6.07) is 9.70. The Morgan fingerprint density at radius 1 is 1.21 bits per heavy atom. The van der Waals surface area contributed by atoms with E-state index in [4.69, 9.17) is 4.74 Å². The molecule has 1 aliphatic rings. The Morgan fingerprint density at radius 3 is 2.59 bits per heavy atom. The number of nitrogens with zero attached hydrogens (tertiary/aromatic N) is 4. The van der Waals surface area contributed by atoms with E-state index in [0.29, 0.717) is 11.3 Å². The molecular weight excluding hydrogens is 366 g/mol. The molecule has 7 nitrogen and oxygen atoms in total. The smallest absolute Gasteiger partial charge is 0.255 e. The number of carbonyl (C=O) groups is 1. The minimum absolute atomic E-state index is 0.145. The van der Waals surface area contributed by atoms with Crippen LogP contribution in [0.5, 0.6) is 0 Å². The number of carbonyl (C=O) groups excluding carboxylic acids is 1. The summed E-state index contributed by atoms with van der Waals surface area (Å²) >= 11 is 0. The van der Waals surface area contributed by atoms with Crippen LogP contribution in [0.25, 0.3) is 11.0 Å². The molecule has 0 saturated carbocycles. The number of ether oxygens (including phenoxy) is 1. The zero-order chi connectivity index (χ0) is 20.5. The Labute approximate surface area is 170 Å². The lowest BCUT2D eigenvalue weighted by Crippen LogP contribution is -2.44. The fourth-order valence-electron chi connectivity index (χ4n) is 4.01. The van der Waals surface area contributed by atoms with E-state index >= 15 is 0 Å². The van der Waals surface area contributed by atoms with Crippen molar-refractivity contribution < 1.29 is 9.53 Å². The molecule has 2 atom stereocenters. The highest BCUT2D eigenvalue weighted by Gasteiger charge is 2.22. The second kappa shape index (κ2) is 7.93. The van der Waals surface area contributed by atoms with Gasteiger partial charge in [0.1, 0.15) is 0 Å². The molecule has 0 spiro atoms. The third-order valence-corrected chi connectivity index (χ3v) is 5.24. The lowest BCUT2D eigenvalue weighted by atomic mass is 10.1. The van der Waals surface area contributed by atoms with Crippen LogP contribution >= 0.6 is 0 Å². The Morgan fingerprint density at radius 2 is 1.90 bits per heavy atom. The summed E-state index contributed by atoms with van der Waals surface area (Å²) in [5.41, 5.74) is 4.18. The average Bonchev–Trinajstić information content (AvgIpc) is 2.95. The Balaban J connectivity index is 1.42. The largest absolute Gasteiger partial charge is 0.373 e. The molecule has 1 fully saturated rings. The van der Waals surface area contributed by atoms with Gasteiger partial charge in [0.05, 0.1) is 29.8 Å². The molecule has 152 valence electrons. The normalized spacial score (nSPS) is 20.1. The van der Waals surface area contributed by atoms with Crippen LogP contribution in [0.4, 0.5) is 5.69 Å². The molecule has 0 aliphatic carbocycles. The third kappa shape index (κ3) is 4.31. The van der Waals surface area contributed by atoms with Gasteiger partial charge in [0.15, 0.2) is 5.65 Å². The number of aromatic nitrogens is 3. The number of pyridine rings is 1. The van der Waals surface area contributed by atoms with Crippen molar-refractivity contribution in [1.82, 2.24) is 19.7 Å². The molecule has 1 aliphatic heterocycles. The molecule has 1 amide bonds. The first-order valence-corrected chi connectivity index (χ1v) is 9.96. The number of aryl methyl sites for hydroxylation is 2. The lowest BCUT2D eigenvalue weighted by molar-refractivity contribution is -0.0704. The van der Waals surface area contributed by atoms with Crippen LogP contribution < -0.4 is 5.32 Å². The number of amides is 1. The predicted octanol–water partition coefficient (Wildman–Crippen LogP) is 3.14. The zero-order valence-corrected chi connectivity index (χ0v) is 17.3. The summed E-state index contributed by atoms with van der Waals surface area (Å²) in [4.78, 5) is 19.4. The summed E-state index contributed by atoms with van der Waals surface area (Å²) in [5.74, 6) is -0.145. The van der Waals surface area contributed by atoms with Crippen molar-refractivity contribution in [1.29, 1.82) is 0 Å². The van der Waals surface area contributed by atoms with E-state index in [0.717, 1.165) is 36.4 Å². The third-order valence-electron chi connectivity index (χ3n) is 5.24. The van der Waals surface area contributed by atoms with Gasteiger partial charge in [-0.1, -0.05) is 12.1 Å². The molecule has 7 heteroatoms. The zero-order valence-electron chi connectivity index (χ0n) is 17.3. The minimum atomic E-state index is -0.145. The molecule has 29 heavy (non-hydrogen) atoms. The SMILES string of the molecule is Cc1nn(C)c2ncc(NC(=O)c3ccc(CN4C[C@H](C)O[C@@H](C)C4)cc3)cc12. The van der Waals surface area contributed by atoms with Gasteiger partial charge in [0.2, 0.25) is 0 Å². The first kappa shape index (κ1) is 19.5. The van der Waals surface area contributed by atoms with Crippen molar-refractivity contribution in [3.05, 3.63) is 53.3 Å². The highest BCUT2D eigenvalue weighted by molar-refractivity contribution is 6.04. The quantitative estimate of drug-likeness (QED) is 0.737. The van der Waals surface area contributed by atoms with Gasteiger partial charge in [0.25, 0.3) is 5.91 Å². The van der Waals surface area contributed by atoms with Crippen LogP contribution in [0.3, 0.4) is 0 Å². The lowest BCUT2D eigenvalue weighted by Gasteiger charge is -2.35. The number of anilines is 1. The molecule has 0 unspecified atom stereocenters. The molecule has 3 aromatic rings. The molecule has 0 radical (unpaired) electrons. The molecule has 1 N–H and O–H groups in total. The van der Waals surface area contributed by atoms with Gasteiger partial charge < -0.3 is 10.1 Å². The maximum atomic E-state index is 12.6. The molecule has 3 heterocycles. The Bertz CT molecular complexity index is 1020. The monoisotopic (exact) mass is 393 g/mol. The van der Waals surface area contributed by atoms with Crippen molar-refractivity contribution in [2.24, 2.45) is 7.05 Å². The van der Waals surface area contributed by atoms with Gasteiger partial charge >= 0.3 is 0 Å². The molecule has 1 saturated heterocycles. The van der Waals surface area contributed by atoms with E-state index in [1.807, 2.05) is 44.3 Å². The summed E-state index contributed by atoms with van der Waals surface area (Å²) in [5, 5.41) is 8.24. The number of hydrogen-bond acceptors (Lipinski definition) is 5. The summed E-state index contributed by atoms with van der Waals surface area (Å²) < 4.78 is 7.53. The molecular formula is C22H27N5O2. The van der Waals surface area contributed by atoms with Crippen molar-refractivity contribution in [2.75, 3.05) is 18.4 Å². The van der Waals surface area contributed by atoms with Crippen LogP contribution in [0.1, 0.15) is 35.5 Å². The molecule has 4 rings (SSSR count). The number of hydrogen-bond donors (Lipinski definition) is 1. The first-order chi connectivity index (χ1) is 13.9. The van der Waals surface area contributed by atoms with Gasteiger partial charge in [-0.15, -0.1) is 0 Å². The Hall–Kier alpha value is -2.77. The molecule has 2 aromatic heterocycles. The molecule has 1 aromatic carbocycles. The van der Waals surface area contributed by atoms with E-state index in [-0.39, 0.29) is 18.1 Å². The minimum Gasteiger partial charge on any atom is -0.373 e. The number of benzene rings is 1. The standard InChI is InChI=1S/C22H27N5O2/c1-14-11-27(12-15(2)29-14)13-17-5-7-18(8-6-17)22(28)24-19-9-20-16(3)25-26(4)21(20)23-10-19/h5-10,14-15H,11-13H2,1-4H3,(H,24,28)/t14-,15-/m0/s1. The maximum Gasteiger partial charge on any atom is 0.255 e. The fourth-order valence-corrected chi connectivity index (χ4v) is 4.01. The van der Waals surface area contributed by atoms with E-state index in [1.54, 1.807) is 10.9 Å². The first-order valence-electron chi connectivity index (χ1n) is 9.96. The number of morpholine rings is 1. The Kier molecular flexibility index (Phi) is 5.34. The number of fused-ring (bicyclic) bond motifs is 1. The van der Waals surface area contributed by atoms with Crippen molar-refractivity contribution in [3.63, 3.8) is 0 Å². The van der Waals surface area contributed by atoms with E-state index in [2.05, 4.69) is 34.1 Å². The predicted molar refractivity (Wildman–Crippen MR) is 113 cm³/mol. The van der Waals surface area contributed by atoms with Gasteiger partial charge in [-0.05, 0) is 44.5 Å². The number of rotatable bonds is 4. The summed E-state index contributed by atoms with van der Waals surface area (Å²) in [7, 11) is 1.86. The summed E-state index contributed by atoms with van der Waals surface area (Å²) in [6.45, 7) is 8.86. The van der Waals surface area contributed by atoms with Crippen LogP contribution in [-0.2, 0) is 18.3 Å². The highest BCUT2D eigenvalue weighted by atomic mass is 16.5. The van der Waals surface area contributed by atoms with Crippen LogP contribution in [0.15, 0.2) is 36.5 Å². The van der Waals surface area contributed by atoms with Gasteiger partial charge in [-0.3, -0.25) is 14.4 Å². The van der Waals surface area contributed by atoms with E-state index < -0.39 is 0 Å². The van der Waals surface area contributed by atoms with Crippen LogP contribution in [0, 0.1) is 6.92 Å². The van der Waals surface area contributed by atoms with Gasteiger partial charge in [-0.25, -0.2) is 4.98 Å². The van der Waals surface area contributed by atoms with Crippen LogP contribution in [0.2, 0.25) is 0 Å². The average molecular weight is 393 g/mol. The second-order valence-corrected chi connectivity index (χ2v) is 7.91. The second-order valence-electron chi connectivity index (χ2n) is 7.91. The maximum absolute atomic E-state index is 12.6. The fraction of sp³-hybridized carbons (Fsp3) is 0.409. The van der Waals surface area contributed by atoms with Crippen LogP contribution in [-0.4, -0.2) is 50.9 Å². The van der Waals surface area contributed by atoms with Gasteiger partial charge in [-0.2, -0.15) is 5.10 Å². The van der Waals surface area contributed by atoms with Crippen molar-refractivity contribution >= 4 is 22.6 Å². The highest BCUT2D eigenvalue weighted by Crippen LogP contribution is 2.20. The van der Waals surface area contributed by atoms with Gasteiger partial charge in [0, 0.05) is 37.6 Å². The van der Waals surface area contributed by atoms with E-state index in [1.165, 1.54) is 5.56 Å². The topological polar surface area (TPSA) is 72.3 Å². The summed E-state index contributed by atoms with van der Waals surface area (Å²) in [6.07, 6.45) is 2.16.